The number of thiazole rings is 1. The van der Waals surface area contributed by atoms with Crippen LogP contribution in [-0.2, 0) is 13.5 Å². The molecule has 0 bridgehead atoms. The summed E-state index contributed by atoms with van der Waals surface area (Å²) in [5, 5.41) is 10.4. The van der Waals surface area contributed by atoms with E-state index in [2.05, 4.69) is 36.7 Å². The summed E-state index contributed by atoms with van der Waals surface area (Å²) in [6.07, 6.45) is 3.56. The van der Waals surface area contributed by atoms with Gasteiger partial charge < -0.3 is 5.32 Å². The van der Waals surface area contributed by atoms with Crippen molar-refractivity contribution in [3.05, 3.63) is 37.1 Å². The Morgan fingerprint density at radius 2 is 2.32 bits per heavy atom. The third-order valence-corrected chi connectivity index (χ3v) is 4.42. The Labute approximate surface area is 123 Å². The van der Waals surface area contributed by atoms with Crippen LogP contribution in [0.1, 0.15) is 17.1 Å². The lowest BCUT2D eigenvalue weighted by Gasteiger charge is -2.07. The van der Waals surface area contributed by atoms with Gasteiger partial charge in [-0.1, -0.05) is 0 Å². The van der Waals surface area contributed by atoms with Gasteiger partial charge in [0.2, 0.25) is 0 Å². The third-order valence-electron chi connectivity index (χ3n) is 2.63. The van der Waals surface area contributed by atoms with Gasteiger partial charge in [-0.25, -0.2) is 9.67 Å². The van der Waals surface area contributed by atoms with Crippen molar-refractivity contribution in [1.29, 1.82) is 0 Å². The van der Waals surface area contributed by atoms with Gasteiger partial charge in [0.25, 0.3) is 5.56 Å². The Bertz CT molecular complexity index is 622. The molecule has 0 radical (unpaired) electrons. The van der Waals surface area contributed by atoms with Crippen LogP contribution in [0.3, 0.4) is 0 Å². The van der Waals surface area contributed by atoms with Crippen molar-refractivity contribution in [2.24, 2.45) is 7.05 Å². The first kappa shape index (κ1) is 14.2. The molecule has 0 aliphatic rings. The van der Waals surface area contributed by atoms with Crippen LogP contribution in [0, 0.1) is 6.92 Å². The second-order valence-corrected chi connectivity index (χ2v) is 5.95. The first-order valence-corrected chi connectivity index (χ1v) is 7.62. The molecule has 0 unspecified atom stereocenters. The second kappa shape index (κ2) is 6.29. The fraction of sp³-hybridized carbons (Fsp3) is 0.417. The van der Waals surface area contributed by atoms with Crippen LogP contribution >= 0.6 is 27.3 Å². The summed E-state index contributed by atoms with van der Waals surface area (Å²) in [6.45, 7) is 2.78. The molecule has 0 atom stereocenters. The topological polar surface area (TPSA) is 59.8 Å². The number of hydrogen-bond acceptors (Lipinski definition) is 5. The number of rotatable bonds is 5. The minimum atomic E-state index is -0.138. The molecule has 2 heterocycles. The molecule has 0 aromatic carbocycles. The van der Waals surface area contributed by atoms with E-state index < -0.39 is 0 Å². The van der Waals surface area contributed by atoms with E-state index in [0.717, 1.165) is 35.8 Å². The molecule has 0 aliphatic carbocycles. The van der Waals surface area contributed by atoms with Gasteiger partial charge in [-0.15, -0.1) is 11.3 Å². The molecule has 2 rings (SSSR count). The Balaban J connectivity index is 1.86. The smallest absolute Gasteiger partial charge is 0.282 e. The molecule has 0 amide bonds. The van der Waals surface area contributed by atoms with Crippen molar-refractivity contribution < 1.29 is 0 Å². The van der Waals surface area contributed by atoms with E-state index in [4.69, 9.17) is 0 Å². The average molecular weight is 343 g/mol. The van der Waals surface area contributed by atoms with E-state index in [1.165, 1.54) is 4.68 Å². The number of hydrogen-bond donors (Lipinski definition) is 1. The van der Waals surface area contributed by atoms with Gasteiger partial charge in [0.05, 0.1) is 16.9 Å². The molecule has 0 saturated heterocycles. The first-order chi connectivity index (χ1) is 9.08. The number of nitrogens with one attached hydrogen (secondary N) is 1. The maximum absolute atomic E-state index is 11.7. The van der Waals surface area contributed by atoms with Gasteiger partial charge in [-0.05, 0) is 29.3 Å². The number of aromatic nitrogens is 3. The molecule has 1 N–H and O–H groups in total. The zero-order valence-electron chi connectivity index (χ0n) is 10.8. The minimum absolute atomic E-state index is 0.138. The molecule has 0 fully saturated rings. The molecular formula is C12H15BrN4OS. The summed E-state index contributed by atoms with van der Waals surface area (Å²) in [5.74, 6) is 0. The molecule has 5 nitrogen and oxygen atoms in total. The highest BCUT2D eigenvalue weighted by Crippen LogP contribution is 2.16. The highest BCUT2D eigenvalue weighted by molar-refractivity contribution is 9.10. The van der Waals surface area contributed by atoms with Crippen LogP contribution in [0.5, 0.6) is 0 Å². The molecule has 0 saturated carbocycles. The fourth-order valence-electron chi connectivity index (χ4n) is 1.61. The molecular weight excluding hydrogens is 328 g/mol. The van der Waals surface area contributed by atoms with Gasteiger partial charge in [0.1, 0.15) is 4.47 Å². The summed E-state index contributed by atoms with van der Waals surface area (Å²) >= 11 is 4.97. The van der Waals surface area contributed by atoms with Gasteiger partial charge in [0, 0.05) is 31.1 Å². The maximum atomic E-state index is 11.7. The summed E-state index contributed by atoms with van der Waals surface area (Å²) in [4.78, 5) is 16.1. The lowest BCUT2D eigenvalue weighted by molar-refractivity contribution is 0.702. The van der Waals surface area contributed by atoms with Crippen molar-refractivity contribution in [1.82, 2.24) is 14.8 Å². The lowest BCUT2D eigenvalue weighted by Crippen LogP contribution is -2.21. The van der Waals surface area contributed by atoms with E-state index in [0.29, 0.717) is 4.47 Å². The molecule has 2 aromatic heterocycles. The van der Waals surface area contributed by atoms with E-state index in [1.54, 1.807) is 24.6 Å². The quantitative estimate of drug-likeness (QED) is 0.847. The lowest BCUT2D eigenvalue weighted by atomic mass is 10.3. The number of nitrogens with zero attached hydrogens (tertiary/aromatic N) is 3. The molecule has 0 aliphatic heterocycles. The summed E-state index contributed by atoms with van der Waals surface area (Å²) < 4.78 is 1.82. The monoisotopic (exact) mass is 342 g/mol. The Morgan fingerprint density at radius 3 is 3.00 bits per heavy atom. The van der Waals surface area contributed by atoms with Gasteiger partial charge in [-0.2, -0.15) is 5.10 Å². The Kier molecular flexibility index (Phi) is 4.71. The van der Waals surface area contributed by atoms with Crippen molar-refractivity contribution in [2.45, 2.75) is 19.8 Å². The first-order valence-electron chi connectivity index (χ1n) is 5.94. The summed E-state index contributed by atoms with van der Waals surface area (Å²) in [6, 6.07) is 0. The van der Waals surface area contributed by atoms with Crippen molar-refractivity contribution in [2.75, 3.05) is 11.9 Å². The predicted octanol–water partition coefficient (Wildman–Crippen LogP) is 2.35. The number of anilines is 1. The summed E-state index contributed by atoms with van der Waals surface area (Å²) in [5.41, 5.74) is 1.67. The number of aryl methyl sites for hydroxylation is 3. The molecule has 7 heteroatoms. The van der Waals surface area contributed by atoms with Gasteiger partial charge in [0.15, 0.2) is 0 Å². The van der Waals surface area contributed by atoms with Crippen LogP contribution in [0.25, 0.3) is 0 Å². The van der Waals surface area contributed by atoms with E-state index in [9.17, 15) is 4.79 Å². The standard InChI is InChI=1S/C12H15BrN4OS/c1-8-7-19-10(16-8)4-3-5-14-9-6-15-17(2)12(18)11(9)13/h6-7,14H,3-5H2,1-2H3. The second-order valence-electron chi connectivity index (χ2n) is 4.21. The van der Waals surface area contributed by atoms with Gasteiger partial charge >= 0.3 is 0 Å². The summed E-state index contributed by atoms with van der Waals surface area (Å²) in [7, 11) is 1.63. The van der Waals surface area contributed by atoms with Crippen molar-refractivity contribution in [3.8, 4) is 0 Å². The van der Waals surface area contributed by atoms with E-state index >= 15 is 0 Å². The van der Waals surface area contributed by atoms with E-state index in [-0.39, 0.29) is 5.56 Å². The Hall–Kier alpha value is -1.21. The maximum Gasteiger partial charge on any atom is 0.282 e. The molecule has 102 valence electrons. The highest BCUT2D eigenvalue weighted by Gasteiger charge is 2.06. The molecule has 2 aromatic rings. The van der Waals surface area contributed by atoms with Crippen LogP contribution in [0.15, 0.2) is 20.8 Å². The third kappa shape index (κ3) is 3.63. The zero-order chi connectivity index (χ0) is 13.8. The normalized spacial score (nSPS) is 10.7. The SMILES string of the molecule is Cc1csc(CCCNc2cnn(C)c(=O)c2Br)n1. The largest absolute Gasteiger partial charge is 0.383 e. The van der Waals surface area contributed by atoms with Crippen LogP contribution in [0.4, 0.5) is 5.69 Å². The molecule has 19 heavy (non-hydrogen) atoms. The van der Waals surface area contributed by atoms with Crippen LogP contribution in [0.2, 0.25) is 0 Å². The molecule has 0 spiro atoms. The van der Waals surface area contributed by atoms with Crippen molar-refractivity contribution >= 4 is 33.0 Å². The van der Waals surface area contributed by atoms with Crippen LogP contribution in [-0.4, -0.2) is 21.3 Å². The number of halogens is 1. The van der Waals surface area contributed by atoms with Crippen LogP contribution < -0.4 is 10.9 Å². The Morgan fingerprint density at radius 1 is 1.53 bits per heavy atom. The highest BCUT2D eigenvalue weighted by atomic mass is 79.9. The minimum Gasteiger partial charge on any atom is -0.383 e. The van der Waals surface area contributed by atoms with Crippen molar-refractivity contribution in [3.63, 3.8) is 0 Å². The van der Waals surface area contributed by atoms with E-state index in [1.807, 2.05) is 6.92 Å². The zero-order valence-corrected chi connectivity index (χ0v) is 13.2. The van der Waals surface area contributed by atoms with Gasteiger partial charge in [-0.3, -0.25) is 4.79 Å². The fourth-order valence-corrected chi connectivity index (χ4v) is 2.93. The predicted molar refractivity (Wildman–Crippen MR) is 80.8 cm³/mol. The average Bonchev–Trinajstić information content (AvgIpc) is 2.80.